The molecule has 0 saturated heterocycles. The van der Waals surface area contributed by atoms with Gasteiger partial charge in [-0.3, -0.25) is 14.4 Å². The molecule has 0 fully saturated rings. The number of carbonyl (C=O) groups is 3. The van der Waals surface area contributed by atoms with Crippen LogP contribution in [0.5, 0.6) is 0 Å². The van der Waals surface area contributed by atoms with E-state index in [1.54, 1.807) is 30.3 Å². The Morgan fingerprint density at radius 3 is 2.36 bits per heavy atom. The summed E-state index contributed by atoms with van der Waals surface area (Å²) >= 11 is 6.26. The maximum Gasteiger partial charge on any atom is 0.283 e. The number of imide groups is 1. The number of aryl methyl sites for hydroxylation is 3. The van der Waals surface area contributed by atoms with E-state index in [9.17, 15) is 14.4 Å². The zero-order valence-electron chi connectivity index (χ0n) is 18.4. The molecule has 33 heavy (non-hydrogen) atoms. The Kier molecular flexibility index (Phi) is 6.03. The normalized spacial score (nSPS) is 13.5. The van der Waals surface area contributed by atoms with E-state index in [0.717, 1.165) is 21.6 Å². The van der Waals surface area contributed by atoms with Crippen LogP contribution in [0.25, 0.3) is 0 Å². The second kappa shape index (κ2) is 8.92. The van der Waals surface area contributed by atoms with Crippen LogP contribution in [0, 0.1) is 20.8 Å². The monoisotopic (exact) mass is 459 g/mol. The van der Waals surface area contributed by atoms with E-state index < -0.39 is 11.8 Å². The number of para-hydroxylation sites is 1. The zero-order chi connectivity index (χ0) is 23.7. The maximum absolute atomic E-state index is 13.1. The van der Waals surface area contributed by atoms with Gasteiger partial charge in [-0.1, -0.05) is 48.0 Å². The second-order valence-electron chi connectivity index (χ2n) is 7.90. The van der Waals surface area contributed by atoms with Crippen LogP contribution in [-0.4, -0.2) is 17.7 Å². The van der Waals surface area contributed by atoms with Crippen LogP contribution in [0.4, 0.5) is 17.1 Å². The highest BCUT2D eigenvalue weighted by atomic mass is 35.5. The van der Waals surface area contributed by atoms with Crippen LogP contribution in [0.2, 0.25) is 0 Å². The van der Waals surface area contributed by atoms with Gasteiger partial charge in [0.05, 0.1) is 5.69 Å². The highest BCUT2D eigenvalue weighted by Crippen LogP contribution is 2.32. The number of benzene rings is 3. The molecule has 4 rings (SSSR count). The number of rotatable bonds is 5. The number of nitrogens with one attached hydrogen (secondary N) is 2. The predicted molar refractivity (Wildman–Crippen MR) is 130 cm³/mol. The molecule has 2 N–H and O–H groups in total. The first-order valence-corrected chi connectivity index (χ1v) is 10.7. The van der Waals surface area contributed by atoms with Gasteiger partial charge < -0.3 is 10.6 Å². The van der Waals surface area contributed by atoms with Crippen molar-refractivity contribution < 1.29 is 14.4 Å². The summed E-state index contributed by atoms with van der Waals surface area (Å²) in [6, 6.07) is 19.7. The number of halogens is 1. The summed E-state index contributed by atoms with van der Waals surface area (Å²) in [6.45, 7) is 5.62. The fourth-order valence-corrected chi connectivity index (χ4v) is 3.79. The van der Waals surface area contributed by atoms with Crippen LogP contribution < -0.4 is 15.5 Å². The number of nitrogens with zero attached hydrogens (tertiary/aromatic N) is 1. The van der Waals surface area contributed by atoms with Gasteiger partial charge in [-0.05, 0) is 67.8 Å². The molecule has 3 aromatic carbocycles. The maximum atomic E-state index is 13.1. The highest BCUT2D eigenvalue weighted by Gasteiger charge is 2.39. The van der Waals surface area contributed by atoms with E-state index in [1.807, 2.05) is 57.2 Å². The predicted octanol–water partition coefficient (Wildman–Crippen LogP) is 5.30. The topological polar surface area (TPSA) is 78.5 Å². The molecule has 0 aliphatic carbocycles. The molecule has 1 aliphatic heterocycles. The molecule has 0 atom stereocenters. The fraction of sp³-hybridized carbons (Fsp3) is 0.115. The SMILES string of the molecule is Cc1ccc(C)c(N2C(=O)C(Cl)=C(Nc3cccc(C(=O)Nc4ccccc4C)c3)C2=O)c1. The van der Waals surface area contributed by atoms with Crippen molar-refractivity contribution in [3.05, 3.63) is 99.7 Å². The Balaban J connectivity index is 1.57. The number of carbonyl (C=O) groups excluding carboxylic acids is 3. The lowest BCUT2D eigenvalue weighted by Crippen LogP contribution is -2.33. The minimum atomic E-state index is -0.591. The zero-order valence-corrected chi connectivity index (χ0v) is 19.2. The van der Waals surface area contributed by atoms with Crippen molar-refractivity contribution in [2.24, 2.45) is 0 Å². The second-order valence-corrected chi connectivity index (χ2v) is 8.28. The molecule has 1 aliphatic rings. The third-order valence-corrected chi connectivity index (χ3v) is 5.77. The molecular formula is C26H22ClN3O3. The molecular weight excluding hydrogens is 438 g/mol. The molecule has 0 unspecified atom stereocenters. The van der Waals surface area contributed by atoms with Crippen LogP contribution in [-0.2, 0) is 9.59 Å². The molecule has 6 nitrogen and oxygen atoms in total. The molecule has 3 aromatic rings. The van der Waals surface area contributed by atoms with Gasteiger partial charge in [0, 0.05) is 16.9 Å². The Morgan fingerprint density at radius 1 is 0.848 bits per heavy atom. The summed E-state index contributed by atoms with van der Waals surface area (Å²) in [5, 5.41) is 5.61. The van der Waals surface area contributed by atoms with Gasteiger partial charge >= 0.3 is 0 Å². The van der Waals surface area contributed by atoms with Gasteiger partial charge in [-0.2, -0.15) is 0 Å². The molecule has 0 aromatic heterocycles. The summed E-state index contributed by atoms with van der Waals surface area (Å²) in [6.07, 6.45) is 0. The average molecular weight is 460 g/mol. The molecule has 166 valence electrons. The van der Waals surface area contributed by atoms with Gasteiger partial charge in [0.15, 0.2) is 0 Å². The Bertz CT molecular complexity index is 1330. The van der Waals surface area contributed by atoms with Gasteiger partial charge in [-0.15, -0.1) is 0 Å². The lowest BCUT2D eigenvalue weighted by molar-refractivity contribution is -0.120. The smallest absolute Gasteiger partial charge is 0.283 e. The molecule has 7 heteroatoms. The van der Waals surface area contributed by atoms with Crippen LogP contribution >= 0.6 is 11.6 Å². The van der Waals surface area contributed by atoms with E-state index in [-0.39, 0.29) is 16.6 Å². The molecule has 0 spiro atoms. The van der Waals surface area contributed by atoms with Gasteiger partial charge in [0.25, 0.3) is 17.7 Å². The van der Waals surface area contributed by atoms with E-state index in [1.165, 1.54) is 0 Å². The summed E-state index contributed by atoms with van der Waals surface area (Å²) in [4.78, 5) is 39.7. The number of hydrogen-bond acceptors (Lipinski definition) is 4. The minimum absolute atomic E-state index is 0.0287. The van der Waals surface area contributed by atoms with Gasteiger partial charge in [0.1, 0.15) is 10.7 Å². The van der Waals surface area contributed by atoms with Gasteiger partial charge in [0.2, 0.25) is 0 Å². The van der Waals surface area contributed by atoms with E-state index in [4.69, 9.17) is 11.6 Å². The minimum Gasteiger partial charge on any atom is -0.350 e. The van der Waals surface area contributed by atoms with Crippen molar-refractivity contribution in [3.63, 3.8) is 0 Å². The lowest BCUT2D eigenvalue weighted by atomic mass is 10.1. The van der Waals surface area contributed by atoms with E-state index in [0.29, 0.717) is 22.6 Å². The third kappa shape index (κ3) is 4.38. The third-order valence-electron chi connectivity index (χ3n) is 5.42. The number of amides is 3. The standard InChI is InChI=1S/C26H22ClN3O3/c1-15-11-12-17(3)21(13-15)30-25(32)22(27)23(26(30)33)28-19-9-6-8-18(14-19)24(31)29-20-10-5-4-7-16(20)2/h4-14,28H,1-3H3,(H,29,31). The Labute approximate surface area is 196 Å². The Morgan fingerprint density at radius 2 is 1.61 bits per heavy atom. The molecule has 0 radical (unpaired) electrons. The summed E-state index contributed by atoms with van der Waals surface area (Å²) in [7, 11) is 0. The van der Waals surface area contributed by atoms with Crippen molar-refractivity contribution in [2.45, 2.75) is 20.8 Å². The van der Waals surface area contributed by atoms with Crippen molar-refractivity contribution in [2.75, 3.05) is 15.5 Å². The summed E-state index contributed by atoms with van der Waals surface area (Å²) in [5.41, 5.74) is 4.67. The van der Waals surface area contributed by atoms with E-state index in [2.05, 4.69) is 10.6 Å². The fourth-order valence-electron chi connectivity index (χ4n) is 3.58. The van der Waals surface area contributed by atoms with Crippen LogP contribution in [0.15, 0.2) is 77.5 Å². The Hall–Kier alpha value is -3.90. The quantitative estimate of drug-likeness (QED) is 0.507. The van der Waals surface area contributed by atoms with Crippen molar-refractivity contribution in [3.8, 4) is 0 Å². The molecule has 0 bridgehead atoms. The largest absolute Gasteiger partial charge is 0.350 e. The first kappa shape index (κ1) is 22.3. The molecule has 3 amide bonds. The van der Waals surface area contributed by atoms with Crippen molar-refractivity contribution in [1.29, 1.82) is 0 Å². The first-order valence-electron chi connectivity index (χ1n) is 10.4. The van der Waals surface area contributed by atoms with Crippen LogP contribution in [0.1, 0.15) is 27.0 Å². The number of hydrogen-bond donors (Lipinski definition) is 2. The van der Waals surface area contributed by atoms with Crippen molar-refractivity contribution in [1.82, 2.24) is 0 Å². The van der Waals surface area contributed by atoms with Crippen LogP contribution in [0.3, 0.4) is 0 Å². The lowest BCUT2D eigenvalue weighted by Gasteiger charge is -2.18. The molecule has 1 heterocycles. The number of anilines is 3. The van der Waals surface area contributed by atoms with Crippen molar-refractivity contribution >= 4 is 46.4 Å². The van der Waals surface area contributed by atoms with Gasteiger partial charge in [-0.25, -0.2) is 4.90 Å². The van der Waals surface area contributed by atoms with E-state index >= 15 is 0 Å². The highest BCUT2D eigenvalue weighted by molar-refractivity contribution is 6.53. The average Bonchev–Trinajstić information content (AvgIpc) is 3.00. The summed E-state index contributed by atoms with van der Waals surface area (Å²) in [5.74, 6) is -1.43. The molecule has 0 saturated carbocycles. The first-order chi connectivity index (χ1) is 15.8. The summed E-state index contributed by atoms with van der Waals surface area (Å²) < 4.78 is 0.